The monoisotopic (exact) mass is 930 g/mol. The van der Waals surface area contributed by atoms with Gasteiger partial charge in [0.05, 0.1) is 43.7 Å². The maximum Gasteiger partial charge on any atom is 0.338 e. The number of esters is 1. The van der Waals surface area contributed by atoms with Crippen molar-refractivity contribution in [3.8, 4) is 0 Å². The van der Waals surface area contributed by atoms with E-state index in [4.69, 9.17) is 42.3 Å². The van der Waals surface area contributed by atoms with E-state index in [0.29, 0.717) is 31.3 Å². The molecule has 0 aromatic heterocycles. The van der Waals surface area contributed by atoms with Gasteiger partial charge in [-0.05, 0) is 83.4 Å². The molecule has 15 atom stereocenters. The number of nitrogens with zero attached hydrogens (tertiary/aromatic N) is 3. The second-order valence-corrected chi connectivity index (χ2v) is 24.8. The third-order valence-electron chi connectivity index (χ3n) is 15.5. The van der Waals surface area contributed by atoms with Gasteiger partial charge in [-0.15, -0.1) is 0 Å². The fourth-order valence-electron chi connectivity index (χ4n) is 9.13. The Balaban J connectivity index is 1.33. The number of ether oxygens (including phenoxy) is 8. The molecular formula is C52H75N3O10Si. The number of carbonyl (C=O) groups excluding carboxylic acids is 1. The number of benzene rings is 3. The smallest absolute Gasteiger partial charge is 0.338 e. The molecule has 3 aliphatic heterocycles. The van der Waals surface area contributed by atoms with Crippen LogP contribution < -0.4 is 0 Å². The van der Waals surface area contributed by atoms with Gasteiger partial charge < -0.3 is 42.3 Å². The van der Waals surface area contributed by atoms with Crippen molar-refractivity contribution >= 4 is 14.3 Å². The molecule has 0 aliphatic carbocycles. The third-order valence-corrected chi connectivity index (χ3v) is 20.0. The van der Waals surface area contributed by atoms with E-state index in [1.165, 1.54) is 0 Å². The van der Waals surface area contributed by atoms with Crippen LogP contribution in [0.25, 0.3) is 10.4 Å². The fourth-order valence-corrected chi connectivity index (χ4v) is 11.6. The van der Waals surface area contributed by atoms with Gasteiger partial charge in [-0.3, -0.25) is 0 Å². The van der Waals surface area contributed by atoms with Gasteiger partial charge in [-0.25, -0.2) is 4.79 Å². The van der Waals surface area contributed by atoms with Crippen LogP contribution in [0.3, 0.4) is 0 Å². The molecule has 3 aliphatic rings. The summed E-state index contributed by atoms with van der Waals surface area (Å²) in [6.07, 6.45) is -6.36. The maximum atomic E-state index is 13.1. The first-order valence-corrected chi connectivity index (χ1v) is 26.8. The van der Waals surface area contributed by atoms with Gasteiger partial charge in [0, 0.05) is 10.8 Å². The molecule has 14 heteroatoms. The minimum Gasteiger partial charge on any atom is -0.459 e. The van der Waals surface area contributed by atoms with Crippen LogP contribution in [0.1, 0.15) is 90.7 Å². The van der Waals surface area contributed by atoms with Crippen LogP contribution in [0.2, 0.25) is 18.1 Å². The Morgan fingerprint density at radius 1 is 0.682 bits per heavy atom. The normalized spacial score (nSPS) is 33.0. The highest BCUT2D eigenvalue weighted by atomic mass is 28.4. The third kappa shape index (κ3) is 12.3. The van der Waals surface area contributed by atoms with E-state index in [0.717, 1.165) is 11.1 Å². The first-order chi connectivity index (χ1) is 31.4. The summed E-state index contributed by atoms with van der Waals surface area (Å²) < 4.78 is 60.9. The molecule has 13 nitrogen and oxygen atoms in total. The molecule has 3 fully saturated rings. The lowest BCUT2D eigenvalue weighted by Gasteiger charge is -2.52. The average molecular weight is 930 g/mol. The molecule has 362 valence electrons. The Morgan fingerprint density at radius 2 is 1.23 bits per heavy atom. The van der Waals surface area contributed by atoms with Crippen molar-refractivity contribution in [2.45, 2.75) is 162 Å². The summed E-state index contributed by atoms with van der Waals surface area (Å²) in [5.41, 5.74) is 12.8. The lowest BCUT2D eigenvalue weighted by molar-refractivity contribution is -0.356. The Labute approximate surface area is 394 Å². The van der Waals surface area contributed by atoms with Gasteiger partial charge in [-0.2, -0.15) is 0 Å². The summed E-state index contributed by atoms with van der Waals surface area (Å²) in [5.74, 6) is -0.0802. The molecule has 0 spiro atoms. The highest BCUT2D eigenvalue weighted by Crippen LogP contribution is 2.47. The van der Waals surface area contributed by atoms with Gasteiger partial charge in [0.2, 0.25) is 0 Å². The Bertz CT molecular complexity index is 2000. The molecule has 3 saturated heterocycles. The van der Waals surface area contributed by atoms with Gasteiger partial charge in [0.25, 0.3) is 0 Å². The highest BCUT2D eigenvalue weighted by Gasteiger charge is 2.55. The van der Waals surface area contributed by atoms with Crippen molar-refractivity contribution in [3.63, 3.8) is 0 Å². The lowest BCUT2D eigenvalue weighted by atomic mass is 9.79. The van der Waals surface area contributed by atoms with Crippen molar-refractivity contribution in [2.24, 2.45) is 40.6 Å². The summed E-state index contributed by atoms with van der Waals surface area (Å²) in [6, 6.07) is 28.0. The largest absolute Gasteiger partial charge is 0.459 e. The molecule has 0 bridgehead atoms. The summed E-state index contributed by atoms with van der Waals surface area (Å²) in [5, 5.41) is 4.23. The predicted octanol–water partition coefficient (Wildman–Crippen LogP) is 11.1. The Hall–Kier alpha value is -3.66. The van der Waals surface area contributed by atoms with Crippen molar-refractivity contribution in [2.75, 3.05) is 13.2 Å². The zero-order chi connectivity index (χ0) is 47.8. The van der Waals surface area contributed by atoms with Gasteiger partial charge in [-0.1, -0.05) is 146 Å². The van der Waals surface area contributed by atoms with Crippen LogP contribution in [-0.2, 0) is 55.5 Å². The van der Waals surface area contributed by atoms with Gasteiger partial charge in [0.1, 0.15) is 31.0 Å². The predicted molar refractivity (Wildman–Crippen MR) is 255 cm³/mol. The van der Waals surface area contributed by atoms with Crippen molar-refractivity contribution in [1.29, 1.82) is 0 Å². The topological polar surface area (TPSA) is 149 Å². The molecule has 6 unspecified atom stereocenters. The van der Waals surface area contributed by atoms with E-state index >= 15 is 0 Å². The molecule has 3 aromatic rings. The lowest BCUT2D eigenvalue weighted by Crippen LogP contribution is -2.65. The molecule has 3 aromatic carbocycles. The fraction of sp³-hybridized carbons (Fsp3) is 0.635. The van der Waals surface area contributed by atoms with E-state index in [1.807, 2.05) is 73.7 Å². The molecule has 0 N–H and O–H groups in total. The summed E-state index contributed by atoms with van der Waals surface area (Å²) in [7, 11) is -2.58. The Morgan fingerprint density at radius 3 is 1.83 bits per heavy atom. The number of carbonyl (C=O) groups is 1. The number of azide groups is 1. The number of hydrogen-bond donors (Lipinski definition) is 0. The molecule has 0 amide bonds. The van der Waals surface area contributed by atoms with Crippen LogP contribution in [-0.4, -0.2) is 89.0 Å². The van der Waals surface area contributed by atoms with E-state index in [1.54, 1.807) is 24.3 Å². The first-order valence-electron chi connectivity index (χ1n) is 23.9. The molecular weight excluding hydrogens is 855 g/mol. The minimum absolute atomic E-state index is 0.0190. The van der Waals surface area contributed by atoms with Crippen molar-refractivity contribution in [1.82, 2.24) is 0 Å². The van der Waals surface area contributed by atoms with Crippen LogP contribution in [0, 0.1) is 35.5 Å². The van der Waals surface area contributed by atoms with Gasteiger partial charge >= 0.3 is 5.97 Å². The second-order valence-electron chi connectivity index (χ2n) is 20.2. The van der Waals surface area contributed by atoms with E-state index in [-0.39, 0.29) is 47.3 Å². The van der Waals surface area contributed by atoms with Crippen LogP contribution >= 0.6 is 0 Å². The molecule has 66 heavy (non-hydrogen) atoms. The summed E-state index contributed by atoms with van der Waals surface area (Å²) in [4.78, 5) is 16.5. The van der Waals surface area contributed by atoms with Crippen molar-refractivity contribution in [3.05, 3.63) is 118 Å². The van der Waals surface area contributed by atoms with E-state index in [2.05, 4.69) is 85.4 Å². The maximum absolute atomic E-state index is 13.1. The molecule has 6 rings (SSSR count). The summed E-state index contributed by atoms with van der Waals surface area (Å²) >= 11 is 0. The Kier molecular flexibility index (Phi) is 18.1. The highest BCUT2D eigenvalue weighted by molar-refractivity contribution is 6.74. The van der Waals surface area contributed by atoms with E-state index in [9.17, 15) is 10.3 Å². The van der Waals surface area contributed by atoms with Gasteiger partial charge in [0.15, 0.2) is 27.2 Å². The second kappa shape index (κ2) is 23.1. The van der Waals surface area contributed by atoms with E-state index < -0.39 is 69.7 Å². The molecule has 0 radical (unpaired) electrons. The SMILES string of the molecule is CC1[C@H](O[C@@H]2C(N=[N+]=[N-])[C@H](O[Si](C)(C)C(C)(C)C(C)C)OC(C)[C@H]2O[C@@H]2OC(COCc3ccccc3)[C@@H](C)[C@H](C)C2OCc2ccccc2)OC(COC(=O)c2ccccc2)[C@@H](C)[C@@H]1C. The van der Waals surface area contributed by atoms with Crippen LogP contribution in [0.4, 0.5) is 0 Å². The average Bonchev–Trinajstić information content (AvgIpc) is 3.30. The van der Waals surface area contributed by atoms with Crippen LogP contribution in [0.5, 0.6) is 0 Å². The first kappa shape index (κ1) is 51.7. The number of rotatable bonds is 19. The number of hydrogen-bond acceptors (Lipinski definition) is 11. The zero-order valence-electron chi connectivity index (χ0n) is 41.2. The minimum atomic E-state index is -2.58. The zero-order valence-corrected chi connectivity index (χ0v) is 42.2. The molecule has 0 saturated carbocycles. The standard InChI is InChI=1S/C52H75N3O10Si/c1-32(2)52(9,10)66(11,12)65-50-44(54-55-53)47(64-49-37(7)33(3)34(4)43(61-49)31-59-48(56)41-26-20-15-21-27-41)46(38(8)60-50)63-51-45(58-29-40-24-18-14-19-25-40)36(6)35(5)42(62-51)30-57-28-39-22-16-13-17-23-39/h13-27,32-38,42-47,49-51H,28-31H2,1-12H3/t33-,34-,35-,36-,37?,38?,42?,43?,44?,45?,46+,47+,49-,50-,51-/m0/s1. The summed E-state index contributed by atoms with van der Waals surface area (Å²) in [6.45, 7) is 27.0. The van der Waals surface area contributed by atoms with Crippen molar-refractivity contribution < 1.29 is 47.1 Å². The van der Waals surface area contributed by atoms with Crippen LogP contribution in [0.15, 0.2) is 96.1 Å². The quantitative estimate of drug-likeness (QED) is 0.0374. The molecule has 3 heterocycles.